The summed E-state index contributed by atoms with van der Waals surface area (Å²) >= 11 is 4.43. The lowest BCUT2D eigenvalue weighted by Gasteiger charge is -2.52. The van der Waals surface area contributed by atoms with Crippen LogP contribution < -0.4 is 0 Å². The highest BCUT2D eigenvalue weighted by Crippen LogP contribution is 2.69. The van der Waals surface area contributed by atoms with Crippen LogP contribution in [0.3, 0.4) is 0 Å². The zero-order valence-corrected chi connectivity index (χ0v) is 17.7. The standard InChI is InChI=1S/C22H25FN2S2/c1-14-15(2)27-22(26-14)10-4-5-17-11-20-16(12-21(17,22)3)13-24-25(20)19-8-6-18(23)7-9-19/h6-9,11,13-15H,4-5,10,12H2,1-3H3. The van der Waals surface area contributed by atoms with Crippen molar-refractivity contribution in [2.45, 2.75) is 61.0 Å². The molecule has 142 valence electrons. The summed E-state index contributed by atoms with van der Waals surface area (Å²) in [6, 6.07) is 6.63. The van der Waals surface area contributed by atoms with Crippen LogP contribution in [0.15, 0.2) is 36.0 Å². The van der Waals surface area contributed by atoms with Gasteiger partial charge in [-0.15, -0.1) is 23.5 Å². The van der Waals surface area contributed by atoms with Gasteiger partial charge < -0.3 is 0 Å². The van der Waals surface area contributed by atoms with Crippen LogP contribution in [0.5, 0.6) is 0 Å². The van der Waals surface area contributed by atoms with E-state index < -0.39 is 0 Å². The molecule has 3 aliphatic rings. The molecule has 1 spiro atoms. The minimum Gasteiger partial charge on any atom is -0.233 e. The van der Waals surface area contributed by atoms with Gasteiger partial charge in [0.05, 0.1) is 21.7 Å². The van der Waals surface area contributed by atoms with Crippen molar-refractivity contribution in [1.82, 2.24) is 9.78 Å². The minimum atomic E-state index is -0.210. The van der Waals surface area contributed by atoms with E-state index in [0.717, 1.165) is 12.1 Å². The number of aromatic nitrogens is 2. The highest BCUT2D eigenvalue weighted by molar-refractivity contribution is 8.22. The summed E-state index contributed by atoms with van der Waals surface area (Å²) in [7, 11) is 0. The van der Waals surface area contributed by atoms with Gasteiger partial charge in [0.1, 0.15) is 5.82 Å². The summed E-state index contributed by atoms with van der Waals surface area (Å²) in [5, 5.41) is 6.07. The molecule has 5 heteroatoms. The topological polar surface area (TPSA) is 17.8 Å². The lowest BCUT2D eigenvalue weighted by molar-refractivity contribution is 0.290. The third kappa shape index (κ3) is 2.57. The molecule has 0 bridgehead atoms. The highest BCUT2D eigenvalue weighted by atomic mass is 32.2. The first-order valence-electron chi connectivity index (χ1n) is 9.81. The van der Waals surface area contributed by atoms with Crippen LogP contribution in [0.25, 0.3) is 11.8 Å². The molecule has 0 N–H and O–H groups in total. The molecular weight excluding hydrogens is 375 g/mol. The van der Waals surface area contributed by atoms with E-state index >= 15 is 0 Å². The largest absolute Gasteiger partial charge is 0.233 e. The van der Waals surface area contributed by atoms with E-state index in [2.05, 4.69) is 55.5 Å². The summed E-state index contributed by atoms with van der Waals surface area (Å²) in [5.41, 5.74) is 5.19. The Morgan fingerprint density at radius 2 is 1.85 bits per heavy atom. The number of nitrogens with zero attached hydrogens (tertiary/aromatic N) is 2. The summed E-state index contributed by atoms with van der Waals surface area (Å²) in [4.78, 5) is 0. The number of allylic oxidation sites excluding steroid dienone is 1. The average molecular weight is 401 g/mol. The number of rotatable bonds is 1. The van der Waals surface area contributed by atoms with Crippen LogP contribution in [0, 0.1) is 11.2 Å². The summed E-state index contributed by atoms with van der Waals surface area (Å²) in [6.45, 7) is 7.26. The van der Waals surface area contributed by atoms with E-state index in [4.69, 9.17) is 0 Å². The molecule has 2 nitrogen and oxygen atoms in total. The van der Waals surface area contributed by atoms with Crippen LogP contribution in [0.4, 0.5) is 4.39 Å². The monoisotopic (exact) mass is 400 g/mol. The fourth-order valence-corrected chi connectivity index (χ4v) is 9.50. The van der Waals surface area contributed by atoms with E-state index in [1.807, 2.05) is 23.0 Å². The van der Waals surface area contributed by atoms with Crippen LogP contribution in [-0.2, 0) is 6.42 Å². The first-order chi connectivity index (χ1) is 12.9. The number of halogens is 1. The molecule has 1 saturated heterocycles. The van der Waals surface area contributed by atoms with Crippen LogP contribution in [-0.4, -0.2) is 24.4 Å². The zero-order valence-electron chi connectivity index (χ0n) is 16.0. The SMILES string of the molecule is CC1SC2(CCCC3=Cc4c(cnn4-c4ccc(F)cc4)CC32C)SC1C. The van der Waals surface area contributed by atoms with Crippen molar-refractivity contribution in [1.29, 1.82) is 0 Å². The van der Waals surface area contributed by atoms with E-state index in [-0.39, 0.29) is 15.3 Å². The maximum Gasteiger partial charge on any atom is 0.123 e. The Morgan fingerprint density at radius 3 is 2.56 bits per heavy atom. The van der Waals surface area contributed by atoms with Crippen molar-refractivity contribution in [2.24, 2.45) is 5.41 Å². The summed E-state index contributed by atoms with van der Waals surface area (Å²) < 4.78 is 15.6. The fraction of sp³-hybridized carbons (Fsp3) is 0.500. The Kier molecular flexibility index (Phi) is 4.07. The molecule has 2 fully saturated rings. The van der Waals surface area contributed by atoms with Gasteiger partial charge in [0.25, 0.3) is 0 Å². The molecule has 0 radical (unpaired) electrons. The second-order valence-corrected chi connectivity index (χ2v) is 12.0. The first-order valence-corrected chi connectivity index (χ1v) is 11.6. The molecule has 0 amide bonds. The van der Waals surface area contributed by atoms with Gasteiger partial charge in [0.2, 0.25) is 0 Å². The number of hydrogen-bond acceptors (Lipinski definition) is 3. The molecule has 3 atom stereocenters. The van der Waals surface area contributed by atoms with Gasteiger partial charge in [0, 0.05) is 15.9 Å². The van der Waals surface area contributed by atoms with Crippen LogP contribution in [0.2, 0.25) is 0 Å². The Hall–Kier alpha value is -1.20. The second kappa shape index (κ2) is 6.15. The van der Waals surface area contributed by atoms with Gasteiger partial charge in [-0.3, -0.25) is 0 Å². The minimum absolute atomic E-state index is 0.184. The molecule has 5 rings (SSSR count). The number of benzene rings is 1. The van der Waals surface area contributed by atoms with Crippen molar-refractivity contribution in [3.05, 3.63) is 53.1 Å². The van der Waals surface area contributed by atoms with Crippen molar-refractivity contribution >= 4 is 29.6 Å². The summed E-state index contributed by atoms with van der Waals surface area (Å²) in [6.07, 6.45) is 9.21. The van der Waals surface area contributed by atoms with Crippen molar-refractivity contribution < 1.29 is 4.39 Å². The first kappa shape index (κ1) is 17.9. The third-order valence-electron chi connectivity index (χ3n) is 6.73. The van der Waals surface area contributed by atoms with Crippen LogP contribution in [0.1, 0.15) is 51.3 Å². The average Bonchev–Trinajstić information content (AvgIpc) is 3.16. The third-order valence-corrected chi connectivity index (χ3v) is 11.1. The number of hydrogen-bond donors (Lipinski definition) is 0. The maximum absolute atomic E-state index is 13.3. The van der Waals surface area contributed by atoms with E-state index in [1.54, 1.807) is 5.57 Å². The van der Waals surface area contributed by atoms with Gasteiger partial charge in [-0.25, -0.2) is 9.07 Å². The van der Waals surface area contributed by atoms with Gasteiger partial charge in [-0.1, -0.05) is 26.3 Å². The number of thioether (sulfide) groups is 2. The normalized spacial score (nSPS) is 35.0. The molecular formula is C22H25FN2S2. The van der Waals surface area contributed by atoms with Crippen LogP contribution >= 0.6 is 23.5 Å². The molecule has 2 heterocycles. The molecule has 27 heavy (non-hydrogen) atoms. The second-order valence-electron chi connectivity index (χ2n) is 8.37. The predicted octanol–water partition coefficient (Wildman–Crippen LogP) is 6.09. The molecule has 1 saturated carbocycles. The molecule has 1 aromatic carbocycles. The smallest absolute Gasteiger partial charge is 0.123 e. The van der Waals surface area contributed by atoms with Gasteiger partial charge in [-0.2, -0.15) is 5.10 Å². The maximum atomic E-state index is 13.3. The van der Waals surface area contributed by atoms with Crippen molar-refractivity contribution in [3.63, 3.8) is 0 Å². The summed E-state index contributed by atoms with van der Waals surface area (Å²) in [5.74, 6) is -0.210. The van der Waals surface area contributed by atoms with Crippen molar-refractivity contribution in [3.8, 4) is 5.69 Å². The molecule has 1 aromatic heterocycles. The zero-order chi connectivity index (χ0) is 18.8. The Bertz CT molecular complexity index is 907. The van der Waals surface area contributed by atoms with Gasteiger partial charge in [-0.05, 0) is 61.6 Å². The molecule has 2 aromatic rings. The van der Waals surface area contributed by atoms with Gasteiger partial charge >= 0.3 is 0 Å². The van der Waals surface area contributed by atoms with E-state index in [9.17, 15) is 4.39 Å². The number of fused-ring (bicyclic) bond motifs is 3. The molecule has 2 aliphatic carbocycles. The van der Waals surface area contributed by atoms with E-state index in [0.29, 0.717) is 10.5 Å². The Balaban J connectivity index is 1.58. The van der Waals surface area contributed by atoms with E-state index in [1.165, 1.54) is 42.7 Å². The highest BCUT2D eigenvalue weighted by Gasteiger charge is 2.58. The Morgan fingerprint density at radius 1 is 1.15 bits per heavy atom. The molecule has 3 unspecified atom stereocenters. The quantitative estimate of drug-likeness (QED) is 0.576. The predicted molar refractivity (Wildman–Crippen MR) is 114 cm³/mol. The molecule has 1 aliphatic heterocycles. The van der Waals surface area contributed by atoms with Crippen molar-refractivity contribution in [2.75, 3.05) is 0 Å². The Labute approximate surface area is 169 Å². The lowest BCUT2D eigenvalue weighted by atomic mass is 9.65. The lowest BCUT2D eigenvalue weighted by Crippen LogP contribution is -2.47. The fourth-order valence-electron chi connectivity index (χ4n) is 5.00. The van der Waals surface area contributed by atoms with Gasteiger partial charge in [0.15, 0.2) is 0 Å².